The Kier molecular flexibility index (Phi) is 4.69. The first-order valence-electron chi connectivity index (χ1n) is 3.88. The van der Waals surface area contributed by atoms with Crippen LogP contribution in [0.5, 0.6) is 0 Å². The minimum atomic E-state index is -3.85. The molecule has 3 nitrogen and oxygen atoms in total. The standard InChI is InChI=1S/C8H7Br2FO3S/c9-7-2-1-6(5-8(7)10)15(12,13)14-4-3-11/h1-2,5H,3-4H2/i11-1. The Labute approximate surface area is 104 Å². The van der Waals surface area contributed by atoms with Crippen LogP contribution in [0, 0.1) is 0 Å². The maximum atomic E-state index is 11.8. The van der Waals surface area contributed by atoms with Crippen LogP contribution >= 0.6 is 31.9 Å². The first-order valence-corrected chi connectivity index (χ1v) is 6.87. The summed E-state index contributed by atoms with van der Waals surface area (Å²) >= 11 is 6.37. The van der Waals surface area contributed by atoms with E-state index in [1.54, 1.807) is 6.07 Å². The van der Waals surface area contributed by atoms with Gasteiger partial charge in [0.1, 0.15) is 6.67 Å². The smallest absolute Gasteiger partial charge is 0.264 e. The molecule has 1 rings (SSSR count). The molecule has 0 heterocycles. The van der Waals surface area contributed by atoms with E-state index in [-0.39, 0.29) is 4.90 Å². The van der Waals surface area contributed by atoms with Crippen LogP contribution in [0.15, 0.2) is 32.0 Å². The summed E-state index contributed by atoms with van der Waals surface area (Å²) in [4.78, 5) is -0.00831. The fourth-order valence-electron chi connectivity index (χ4n) is 0.842. The zero-order chi connectivity index (χ0) is 11.5. The molecule has 0 saturated heterocycles. The molecule has 15 heavy (non-hydrogen) atoms. The normalized spacial score (nSPS) is 11.7. The van der Waals surface area contributed by atoms with Crippen LogP contribution in [0.3, 0.4) is 0 Å². The van der Waals surface area contributed by atoms with Crippen molar-refractivity contribution in [2.45, 2.75) is 4.90 Å². The Morgan fingerprint density at radius 3 is 2.47 bits per heavy atom. The Hall–Kier alpha value is 0.0200. The van der Waals surface area contributed by atoms with Gasteiger partial charge in [0.15, 0.2) is 0 Å². The number of hydrogen-bond acceptors (Lipinski definition) is 3. The Morgan fingerprint density at radius 1 is 1.27 bits per heavy atom. The van der Waals surface area contributed by atoms with Crippen LogP contribution in [0.1, 0.15) is 0 Å². The first kappa shape index (κ1) is 13.1. The largest absolute Gasteiger partial charge is 0.297 e. The van der Waals surface area contributed by atoms with Crippen LogP contribution in [0.2, 0.25) is 0 Å². The maximum Gasteiger partial charge on any atom is 0.297 e. The zero-order valence-corrected chi connectivity index (χ0v) is 11.4. The molecule has 0 aromatic heterocycles. The molecular formula is C8H7Br2FO3S. The molecule has 0 spiro atoms. The lowest BCUT2D eigenvalue weighted by molar-refractivity contribution is 0.277. The second-order valence-corrected chi connectivity index (χ2v) is 5.87. The third kappa shape index (κ3) is 3.51. The van der Waals surface area contributed by atoms with Crippen LogP contribution in [-0.2, 0) is 14.3 Å². The van der Waals surface area contributed by atoms with Crippen molar-refractivity contribution in [3.05, 3.63) is 27.1 Å². The summed E-state index contributed by atoms with van der Waals surface area (Å²) in [5.41, 5.74) is 0. The highest BCUT2D eigenvalue weighted by molar-refractivity contribution is 9.13. The summed E-state index contributed by atoms with van der Waals surface area (Å²) in [5.74, 6) is 0. The summed E-state index contributed by atoms with van der Waals surface area (Å²) in [5, 5.41) is 0. The number of hydrogen-bond donors (Lipinski definition) is 0. The third-order valence-corrected chi connectivity index (χ3v) is 4.68. The fourth-order valence-corrected chi connectivity index (χ4v) is 2.53. The van der Waals surface area contributed by atoms with E-state index >= 15 is 0 Å². The zero-order valence-electron chi connectivity index (χ0n) is 7.41. The summed E-state index contributed by atoms with van der Waals surface area (Å²) in [7, 11) is -3.85. The number of rotatable bonds is 4. The minimum Gasteiger partial charge on any atom is -0.264 e. The van der Waals surface area contributed by atoms with Gasteiger partial charge in [0.2, 0.25) is 0 Å². The van der Waals surface area contributed by atoms with Crippen LogP contribution in [0.4, 0.5) is 4.39 Å². The SMILES string of the molecule is O=S(=O)(OCC[18F])c1ccc(Br)c(Br)c1. The van der Waals surface area contributed by atoms with Gasteiger partial charge in [-0.15, -0.1) is 0 Å². The van der Waals surface area contributed by atoms with Crippen LogP contribution in [-0.4, -0.2) is 21.7 Å². The molecule has 0 unspecified atom stereocenters. The fraction of sp³-hybridized carbons (Fsp3) is 0.250. The second kappa shape index (κ2) is 5.38. The van der Waals surface area contributed by atoms with Gasteiger partial charge in [-0.25, -0.2) is 4.39 Å². The molecule has 0 radical (unpaired) electrons. The van der Waals surface area contributed by atoms with Crippen molar-refractivity contribution in [3.8, 4) is 0 Å². The van der Waals surface area contributed by atoms with Gasteiger partial charge in [0.25, 0.3) is 10.1 Å². The lowest BCUT2D eigenvalue weighted by Crippen LogP contribution is -2.08. The minimum absolute atomic E-state index is 0.00831. The number of halogens is 3. The molecule has 1 aromatic rings. The molecular weight excluding hydrogens is 354 g/mol. The van der Waals surface area contributed by atoms with Gasteiger partial charge in [-0.2, -0.15) is 8.42 Å². The van der Waals surface area contributed by atoms with Crippen LogP contribution in [0.25, 0.3) is 0 Å². The van der Waals surface area contributed by atoms with E-state index in [2.05, 4.69) is 36.0 Å². The number of alkyl halides is 1. The summed E-state index contributed by atoms with van der Waals surface area (Å²) in [6.07, 6.45) is 0. The Bertz CT molecular complexity index is 447. The van der Waals surface area contributed by atoms with E-state index in [9.17, 15) is 12.8 Å². The molecule has 0 saturated carbocycles. The average Bonchev–Trinajstić information content (AvgIpc) is 2.19. The predicted octanol–water partition coefficient (Wildman–Crippen LogP) is 2.89. The Morgan fingerprint density at radius 2 is 1.93 bits per heavy atom. The van der Waals surface area contributed by atoms with Crippen molar-refractivity contribution in [1.82, 2.24) is 0 Å². The average molecular weight is 361 g/mol. The molecule has 1 aromatic carbocycles. The van der Waals surface area contributed by atoms with Gasteiger partial charge in [-0.05, 0) is 50.1 Å². The van der Waals surface area contributed by atoms with E-state index in [1.807, 2.05) is 0 Å². The summed E-state index contributed by atoms with van der Waals surface area (Å²) in [6, 6.07) is 4.33. The highest BCUT2D eigenvalue weighted by Crippen LogP contribution is 2.26. The van der Waals surface area contributed by atoms with Crippen molar-refractivity contribution in [1.29, 1.82) is 0 Å². The van der Waals surface area contributed by atoms with Gasteiger partial charge in [-0.3, -0.25) is 4.18 Å². The van der Waals surface area contributed by atoms with Crippen molar-refractivity contribution in [2.24, 2.45) is 0 Å². The monoisotopic (exact) mass is 359 g/mol. The van der Waals surface area contributed by atoms with Gasteiger partial charge in [0.05, 0.1) is 11.5 Å². The lowest BCUT2D eigenvalue weighted by atomic mass is 10.4. The van der Waals surface area contributed by atoms with Gasteiger partial charge in [-0.1, -0.05) is 0 Å². The molecule has 0 atom stereocenters. The van der Waals surface area contributed by atoms with E-state index in [1.165, 1.54) is 12.1 Å². The summed E-state index contributed by atoms with van der Waals surface area (Å²) in [6.45, 7) is -1.30. The van der Waals surface area contributed by atoms with Crippen molar-refractivity contribution in [3.63, 3.8) is 0 Å². The maximum absolute atomic E-state index is 11.8. The molecule has 0 amide bonds. The quantitative estimate of drug-likeness (QED) is 0.775. The van der Waals surface area contributed by atoms with E-state index in [0.29, 0.717) is 4.47 Å². The van der Waals surface area contributed by atoms with Gasteiger partial charge >= 0.3 is 0 Å². The summed E-state index contributed by atoms with van der Waals surface area (Å²) < 4.78 is 40.4. The molecule has 0 N–H and O–H groups in total. The molecule has 0 bridgehead atoms. The molecule has 84 valence electrons. The number of benzene rings is 1. The van der Waals surface area contributed by atoms with E-state index < -0.39 is 23.4 Å². The molecule has 0 fully saturated rings. The third-order valence-electron chi connectivity index (χ3n) is 1.50. The van der Waals surface area contributed by atoms with E-state index in [4.69, 9.17) is 0 Å². The molecule has 0 aliphatic carbocycles. The van der Waals surface area contributed by atoms with E-state index in [0.717, 1.165) is 4.47 Å². The molecule has 0 aliphatic rings. The Balaban J connectivity index is 3.00. The topological polar surface area (TPSA) is 43.4 Å². The lowest BCUT2D eigenvalue weighted by Gasteiger charge is -2.04. The predicted molar refractivity (Wildman–Crippen MR) is 61.0 cm³/mol. The van der Waals surface area contributed by atoms with Gasteiger partial charge in [0, 0.05) is 8.95 Å². The van der Waals surface area contributed by atoms with Crippen molar-refractivity contribution in [2.75, 3.05) is 13.3 Å². The first-order chi connectivity index (χ1) is 6.97. The van der Waals surface area contributed by atoms with Crippen molar-refractivity contribution < 1.29 is 17.0 Å². The van der Waals surface area contributed by atoms with Crippen LogP contribution < -0.4 is 0 Å². The second-order valence-electron chi connectivity index (χ2n) is 2.54. The van der Waals surface area contributed by atoms with Crippen molar-refractivity contribution >= 4 is 42.0 Å². The highest BCUT2D eigenvalue weighted by Gasteiger charge is 2.15. The highest BCUT2D eigenvalue weighted by atomic mass is 79.9. The molecule has 7 heteroatoms. The van der Waals surface area contributed by atoms with Gasteiger partial charge < -0.3 is 0 Å². The molecule has 0 aliphatic heterocycles.